The van der Waals surface area contributed by atoms with Gasteiger partial charge in [-0.15, -0.1) is 0 Å². The highest BCUT2D eigenvalue weighted by atomic mass is 16.5. The van der Waals surface area contributed by atoms with E-state index in [-0.39, 0.29) is 0 Å². The highest BCUT2D eigenvalue weighted by Crippen LogP contribution is 2.34. The van der Waals surface area contributed by atoms with Gasteiger partial charge in [0.15, 0.2) is 0 Å². The third-order valence-electron chi connectivity index (χ3n) is 4.34. The van der Waals surface area contributed by atoms with E-state index in [0.29, 0.717) is 18.1 Å². The first-order chi connectivity index (χ1) is 10.5. The van der Waals surface area contributed by atoms with Crippen molar-refractivity contribution in [1.29, 1.82) is 0 Å². The molecule has 1 fully saturated rings. The number of ether oxygens (including phenoxy) is 3. The summed E-state index contributed by atoms with van der Waals surface area (Å²) in [5, 5.41) is 0. The standard InChI is InChI=1S/C19H36O3/c1-15(2)18-9-8-17(5)14-19(18)22-13-7-11-20-10-6-12-21-16(3)4/h16-19H,1,6-14H2,2-5H3. The molecule has 0 spiro atoms. The quantitative estimate of drug-likeness (QED) is 0.412. The van der Waals surface area contributed by atoms with Crippen LogP contribution in [0.15, 0.2) is 12.2 Å². The average molecular weight is 312 g/mol. The lowest BCUT2D eigenvalue weighted by Gasteiger charge is -2.35. The monoisotopic (exact) mass is 312 g/mol. The molecule has 130 valence electrons. The molecule has 22 heavy (non-hydrogen) atoms. The van der Waals surface area contributed by atoms with Gasteiger partial charge in [-0.1, -0.05) is 19.1 Å². The summed E-state index contributed by atoms with van der Waals surface area (Å²) >= 11 is 0. The lowest BCUT2D eigenvalue weighted by atomic mass is 9.78. The van der Waals surface area contributed by atoms with Crippen molar-refractivity contribution in [2.45, 2.75) is 72.0 Å². The molecule has 0 amide bonds. The van der Waals surface area contributed by atoms with Crippen molar-refractivity contribution in [3.05, 3.63) is 12.2 Å². The average Bonchev–Trinajstić information content (AvgIpc) is 2.45. The van der Waals surface area contributed by atoms with E-state index in [2.05, 4.69) is 34.3 Å². The molecule has 0 N–H and O–H groups in total. The lowest BCUT2D eigenvalue weighted by Crippen LogP contribution is -2.32. The zero-order valence-electron chi connectivity index (χ0n) is 15.1. The van der Waals surface area contributed by atoms with Crippen LogP contribution in [0.5, 0.6) is 0 Å². The molecule has 0 radical (unpaired) electrons. The first kappa shape index (κ1) is 19.7. The van der Waals surface area contributed by atoms with Gasteiger partial charge in [0.1, 0.15) is 0 Å². The van der Waals surface area contributed by atoms with Crippen LogP contribution in [-0.2, 0) is 14.2 Å². The van der Waals surface area contributed by atoms with E-state index >= 15 is 0 Å². The van der Waals surface area contributed by atoms with Gasteiger partial charge in [0.25, 0.3) is 0 Å². The second-order valence-electron chi connectivity index (χ2n) is 7.02. The van der Waals surface area contributed by atoms with Crippen molar-refractivity contribution in [3.63, 3.8) is 0 Å². The minimum atomic E-state index is 0.313. The Hall–Kier alpha value is -0.380. The van der Waals surface area contributed by atoms with Crippen LogP contribution in [0.25, 0.3) is 0 Å². The van der Waals surface area contributed by atoms with Gasteiger partial charge in [0.05, 0.1) is 12.2 Å². The molecule has 3 nitrogen and oxygen atoms in total. The van der Waals surface area contributed by atoms with E-state index < -0.39 is 0 Å². The summed E-state index contributed by atoms with van der Waals surface area (Å²) in [6.07, 6.45) is 6.32. The van der Waals surface area contributed by atoms with Gasteiger partial charge in [-0.2, -0.15) is 0 Å². The van der Waals surface area contributed by atoms with Gasteiger partial charge in [0.2, 0.25) is 0 Å². The predicted molar refractivity (Wildman–Crippen MR) is 92.2 cm³/mol. The second-order valence-corrected chi connectivity index (χ2v) is 7.02. The van der Waals surface area contributed by atoms with Crippen LogP contribution < -0.4 is 0 Å². The van der Waals surface area contributed by atoms with Crippen LogP contribution in [0, 0.1) is 11.8 Å². The maximum absolute atomic E-state index is 6.12. The number of hydrogen-bond acceptors (Lipinski definition) is 3. The molecular weight excluding hydrogens is 276 g/mol. The van der Waals surface area contributed by atoms with Crippen LogP contribution in [0.2, 0.25) is 0 Å². The molecule has 3 unspecified atom stereocenters. The Bertz CT molecular complexity index is 301. The SMILES string of the molecule is C=C(C)C1CCC(C)CC1OCCCOCCCOC(C)C. The van der Waals surface area contributed by atoms with Crippen molar-refractivity contribution < 1.29 is 14.2 Å². The molecule has 0 aromatic carbocycles. The van der Waals surface area contributed by atoms with Crippen molar-refractivity contribution in [3.8, 4) is 0 Å². The van der Waals surface area contributed by atoms with Crippen molar-refractivity contribution in [2.75, 3.05) is 26.4 Å². The van der Waals surface area contributed by atoms with E-state index in [0.717, 1.165) is 45.2 Å². The maximum Gasteiger partial charge on any atom is 0.0642 e. The Morgan fingerprint density at radius 2 is 1.77 bits per heavy atom. The second kappa shape index (κ2) is 11.2. The molecule has 3 atom stereocenters. The van der Waals surface area contributed by atoms with Gasteiger partial charge >= 0.3 is 0 Å². The maximum atomic E-state index is 6.12. The molecule has 0 bridgehead atoms. The molecule has 1 rings (SSSR count). The Morgan fingerprint density at radius 1 is 1.09 bits per heavy atom. The molecule has 0 aliphatic heterocycles. The Balaban J connectivity index is 2.04. The highest BCUT2D eigenvalue weighted by molar-refractivity contribution is 5.02. The molecule has 0 heterocycles. The molecule has 0 aromatic rings. The van der Waals surface area contributed by atoms with Crippen molar-refractivity contribution in [1.82, 2.24) is 0 Å². The Morgan fingerprint density at radius 3 is 2.41 bits per heavy atom. The highest BCUT2D eigenvalue weighted by Gasteiger charge is 2.29. The summed E-state index contributed by atoms with van der Waals surface area (Å²) in [5.74, 6) is 1.32. The molecule has 1 aliphatic carbocycles. The van der Waals surface area contributed by atoms with Gasteiger partial charge < -0.3 is 14.2 Å². The summed E-state index contributed by atoms with van der Waals surface area (Å²) in [6.45, 7) is 15.9. The summed E-state index contributed by atoms with van der Waals surface area (Å²) in [7, 11) is 0. The third-order valence-corrected chi connectivity index (χ3v) is 4.34. The van der Waals surface area contributed by atoms with Crippen LogP contribution in [0.3, 0.4) is 0 Å². The van der Waals surface area contributed by atoms with Crippen LogP contribution >= 0.6 is 0 Å². The smallest absolute Gasteiger partial charge is 0.0642 e. The van der Waals surface area contributed by atoms with E-state index in [1.54, 1.807) is 0 Å². The van der Waals surface area contributed by atoms with E-state index in [4.69, 9.17) is 14.2 Å². The first-order valence-electron chi connectivity index (χ1n) is 8.97. The van der Waals surface area contributed by atoms with Crippen molar-refractivity contribution >= 4 is 0 Å². The van der Waals surface area contributed by atoms with Gasteiger partial charge in [-0.05, 0) is 58.8 Å². The summed E-state index contributed by atoms with van der Waals surface area (Å²) in [4.78, 5) is 0. The Kier molecular flexibility index (Phi) is 10.0. The molecule has 1 saturated carbocycles. The van der Waals surface area contributed by atoms with Gasteiger partial charge in [-0.25, -0.2) is 0 Å². The van der Waals surface area contributed by atoms with Crippen molar-refractivity contribution in [2.24, 2.45) is 11.8 Å². The van der Waals surface area contributed by atoms with Crippen LogP contribution in [0.1, 0.15) is 59.8 Å². The number of rotatable bonds is 11. The van der Waals surface area contributed by atoms with Gasteiger partial charge in [0, 0.05) is 32.3 Å². The minimum Gasteiger partial charge on any atom is -0.381 e. The molecule has 1 aliphatic rings. The first-order valence-corrected chi connectivity index (χ1v) is 8.97. The van der Waals surface area contributed by atoms with Crippen LogP contribution in [-0.4, -0.2) is 38.6 Å². The Labute approximate surface area is 137 Å². The fraction of sp³-hybridized carbons (Fsp3) is 0.895. The molecule has 3 heteroatoms. The van der Waals surface area contributed by atoms with E-state index in [9.17, 15) is 0 Å². The normalized spacial score (nSPS) is 25.6. The zero-order chi connectivity index (χ0) is 16.4. The fourth-order valence-electron chi connectivity index (χ4n) is 3.05. The van der Waals surface area contributed by atoms with E-state index in [1.165, 1.54) is 24.8 Å². The lowest BCUT2D eigenvalue weighted by molar-refractivity contribution is -0.0221. The topological polar surface area (TPSA) is 27.7 Å². The van der Waals surface area contributed by atoms with E-state index in [1.807, 2.05) is 0 Å². The largest absolute Gasteiger partial charge is 0.381 e. The molecular formula is C19H36O3. The minimum absolute atomic E-state index is 0.313. The fourth-order valence-corrected chi connectivity index (χ4v) is 3.05. The summed E-state index contributed by atoms with van der Waals surface area (Å²) in [6, 6.07) is 0. The summed E-state index contributed by atoms with van der Waals surface area (Å²) in [5.41, 5.74) is 1.28. The molecule has 0 saturated heterocycles. The number of hydrogen-bond donors (Lipinski definition) is 0. The molecule has 0 aromatic heterocycles. The predicted octanol–water partition coefficient (Wildman–Crippen LogP) is 4.61. The van der Waals surface area contributed by atoms with Crippen LogP contribution in [0.4, 0.5) is 0 Å². The third kappa shape index (κ3) is 8.30. The summed E-state index contributed by atoms with van der Waals surface area (Å²) < 4.78 is 17.2. The zero-order valence-corrected chi connectivity index (χ0v) is 15.1. The van der Waals surface area contributed by atoms with Gasteiger partial charge in [-0.3, -0.25) is 0 Å².